The molecule has 0 radical (unpaired) electrons. The molecule has 0 spiro atoms. The summed E-state index contributed by atoms with van der Waals surface area (Å²) >= 11 is 1.48. The first-order valence-electron chi connectivity index (χ1n) is 7.40. The van der Waals surface area contributed by atoms with Crippen molar-refractivity contribution in [3.63, 3.8) is 0 Å². The Morgan fingerprint density at radius 2 is 2.21 bits per heavy atom. The average Bonchev–Trinajstić information content (AvgIpc) is 2.54. The molecule has 2 rings (SSSR count). The van der Waals surface area contributed by atoms with Gasteiger partial charge in [0.1, 0.15) is 0 Å². The van der Waals surface area contributed by atoms with E-state index in [4.69, 9.17) is 0 Å². The number of rotatable bonds is 5. The van der Waals surface area contributed by atoms with Crippen molar-refractivity contribution in [3.05, 3.63) is 61.8 Å². The number of allylic oxidation sites excluding steroid dienone is 3. The minimum atomic E-state index is -0.595. The van der Waals surface area contributed by atoms with Gasteiger partial charge in [0.2, 0.25) is 0 Å². The van der Waals surface area contributed by atoms with E-state index in [-0.39, 0.29) is 11.5 Å². The number of nitro groups is 1. The van der Waals surface area contributed by atoms with E-state index < -0.39 is 10.8 Å². The first kappa shape index (κ1) is 17.8. The second-order valence-electron chi connectivity index (χ2n) is 5.29. The molecule has 1 aliphatic rings. The molecule has 7 heteroatoms. The molecule has 0 fully saturated rings. The summed E-state index contributed by atoms with van der Waals surface area (Å²) in [6, 6.07) is 8.29. The third kappa shape index (κ3) is 3.34. The second-order valence-corrected chi connectivity index (χ2v) is 6.57. The lowest BCUT2D eigenvalue weighted by atomic mass is 9.81. The van der Waals surface area contributed by atoms with Crippen LogP contribution in [0.5, 0.6) is 0 Å². The first-order valence-corrected chi connectivity index (χ1v) is 8.39. The maximum atomic E-state index is 12.2. The molecule has 0 saturated carbocycles. The number of carbonyl (C=O) groups is 1. The number of hydrogen-bond acceptors (Lipinski definition) is 6. The van der Waals surface area contributed by atoms with E-state index in [0.717, 1.165) is 5.75 Å². The molecule has 1 aliphatic heterocycles. The van der Waals surface area contributed by atoms with Crippen LogP contribution in [0.1, 0.15) is 32.3 Å². The van der Waals surface area contributed by atoms with Crippen LogP contribution in [0.3, 0.4) is 0 Å². The number of hydrogen-bond donors (Lipinski definition) is 1. The number of carbonyl (C=O) groups excluding carboxylic acids is 1. The molecule has 0 saturated heterocycles. The van der Waals surface area contributed by atoms with Crippen LogP contribution in [-0.2, 0) is 4.79 Å². The number of nitrogens with zero attached hydrogens (tertiary/aromatic N) is 2. The fourth-order valence-electron chi connectivity index (χ4n) is 2.79. The Morgan fingerprint density at radius 1 is 1.50 bits per heavy atom. The van der Waals surface area contributed by atoms with Crippen LogP contribution in [0.25, 0.3) is 0 Å². The summed E-state index contributed by atoms with van der Waals surface area (Å²) in [6.45, 7) is 5.19. The molecular weight excluding hydrogens is 326 g/mol. The number of dihydropyridines is 1. The van der Waals surface area contributed by atoms with Crippen LogP contribution >= 0.6 is 11.8 Å². The van der Waals surface area contributed by atoms with Crippen molar-refractivity contribution in [3.8, 4) is 6.07 Å². The number of nitrogens with one attached hydrogen (secondary N) is 1. The van der Waals surface area contributed by atoms with Crippen LogP contribution < -0.4 is 5.32 Å². The molecule has 1 heterocycles. The van der Waals surface area contributed by atoms with Gasteiger partial charge >= 0.3 is 0 Å². The van der Waals surface area contributed by atoms with Gasteiger partial charge in [0.05, 0.1) is 27.5 Å². The van der Waals surface area contributed by atoms with Gasteiger partial charge in [-0.2, -0.15) is 5.26 Å². The normalized spacial score (nSPS) is 17.3. The topological polar surface area (TPSA) is 96.0 Å². The zero-order valence-electron chi connectivity index (χ0n) is 13.6. The summed E-state index contributed by atoms with van der Waals surface area (Å²) < 4.78 is 0. The summed E-state index contributed by atoms with van der Waals surface area (Å²) in [5.74, 6) is 0.00482. The van der Waals surface area contributed by atoms with Gasteiger partial charge in [-0.25, -0.2) is 0 Å². The van der Waals surface area contributed by atoms with Crippen molar-refractivity contribution in [2.24, 2.45) is 0 Å². The van der Waals surface area contributed by atoms with Gasteiger partial charge < -0.3 is 5.32 Å². The van der Waals surface area contributed by atoms with Gasteiger partial charge in [-0.1, -0.05) is 19.1 Å². The van der Waals surface area contributed by atoms with Gasteiger partial charge in [0.25, 0.3) is 5.69 Å². The van der Waals surface area contributed by atoms with Gasteiger partial charge in [-0.3, -0.25) is 14.9 Å². The largest absolute Gasteiger partial charge is 0.353 e. The molecule has 1 aromatic carbocycles. The van der Waals surface area contributed by atoms with E-state index in [9.17, 15) is 20.2 Å². The Labute approximate surface area is 144 Å². The number of ketones is 1. The van der Waals surface area contributed by atoms with E-state index in [1.165, 1.54) is 30.8 Å². The van der Waals surface area contributed by atoms with Crippen molar-refractivity contribution < 1.29 is 9.72 Å². The Balaban J connectivity index is 2.69. The van der Waals surface area contributed by atoms with E-state index in [0.29, 0.717) is 27.4 Å². The number of non-ortho nitro benzene ring substituents is 1. The van der Waals surface area contributed by atoms with Gasteiger partial charge in [-0.15, -0.1) is 11.8 Å². The molecular formula is C17H17N3O3S. The number of thioether (sulfide) groups is 1. The maximum Gasteiger partial charge on any atom is 0.269 e. The Morgan fingerprint density at radius 3 is 2.75 bits per heavy atom. The SMILES string of the molecule is CCSC1=C(C#N)C(c2cccc([N+](=O)[O-])c2)C(C(C)=O)=C(C)N1. The fourth-order valence-corrected chi connectivity index (χ4v) is 3.62. The number of Topliss-reactive ketones (excluding diaryl/α,β-unsaturated/α-hetero) is 1. The van der Waals surface area contributed by atoms with Crippen molar-refractivity contribution in [2.45, 2.75) is 26.7 Å². The van der Waals surface area contributed by atoms with Crippen LogP contribution in [0.4, 0.5) is 5.69 Å². The molecule has 24 heavy (non-hydrogen) atoms. The van der Waals surface area contributed by atoms with Gasteiger partial charge in [0.15, 0.2) is 5.78 Å². The number of nitro benzene ring substituents is 1. The molecule has 1 N–H and O–H groups in total. The van der Waals surface area contributed by atoms with Crippen LogP contribution in [-0.4, -0.2) is 16.5 Å². The van der Waals surface area contributed by atoms with Crippen LogP contribution in [0.2, 0.25) is 0 Å². The minimum absolute atomic E-state index is 0.0615. The highest BCUT2D eigenvalue weighted by molar-refractivity contribution is 8.03. The van der Waals surface area contributed by atoms with Gasteiger partial charge in [0, 0.05) is 23.4 Å². The first-order chi connectivity index (χ1) is 11.4. The lowest BCUT2D eigenvalue weighted by Gasteiger charge is -2.29. The molecule has 0 aliphatic carbocycles. The highest BCUT2D eigenvalue weighted by Gasteiger charge is 2.33. The van der Waals surface area contributed by atoms with Crippen molar-refractivity contribution in [1.29, 1.82) is 5.26 Å². The third-order valence-corrected chi connectivity index (χ3v) is 4.63. The highest BCUT2D eigenvalue weighted by atomic mass is 32.2. The summed E-state index contributed by atoms with van der Waals surface area (Å²) in [7, 11) is 0. The van der Waals surface area contributed by atoms with Crippen molar-refractivity contribution in [1.82, 2.24) is 5.32 Å². The average molecular weight is 343 g/mol. The van der Waals surface area contributed by atoms with Gasteiger partial charge in [-0.05, 0) is 25.2 Å². The molecule has 1 atom stereocenters. The zero-order chi connectivity index (χ0) is 17.9. The molecule has 0 bridgehead atoms. The van der Waals surface area contributed by atoms with E-state index in [2.05, 4.69) is 11.4 Å². The fraction of sp³-hybridized carbons (Fsp3) is 0.294. The maximum absolute atomic E-state index is 12.2. The standard InChI is InChI=1S/C17H17N3O3S/c1-4-24-17-14(9-18)16(15(11(3)21)10(2)19-17)12-6-5-7-13(8-12)20(22)23/h5-8,16,19H,4H2,1-3H3. The number of benzene rings is 1. The Hall–Kier alpha value is -2.59. The van der Waals surface area contributed by atoms with Crippen molar-refractivity contribution in [2.75, 3.05) is 5.75 Å². The molecule has 1 aromatic rings. The van der Waals surface area contributed by atoms with Crippen LogP contribution in [0, 0.1) is 21.4 Å². The summed E-state index contributed by atoms with van der Waals surface area (Å²) in [6.07, 6.45) is 0. The molecule has 0 amide bonds. The lowest BCUT2D eigenvalue weighted by molar-refractivity contribution is -0.384. The van der Waals surface area contributed by atoms with E-state index in [1.54, 1.807) is 19.1 Å². The molecule has 6 nitrogen and oxygen atoms in total. The lowest BCUT2D eigenvalue weighted by Crippen LogP contribution is -2.27. The van der Waals surface area contributed by atoms with Crippen LogP contribution in [0.15, 0.2) is 46.1 Å². The Bertz CT molecular complexity index is 806. The number of nitriles is 1. The summed E-state index contributed by atoms with van der Waals surface area (Å²) in [5, 5.41) is 24.5. The summed E-state index contributed by atoms with van der Waals surface area (Å²) in [5.41, 5.74) is 2.06. The summed E-state index contributed by atoms with van der Waals surface area (Å²) in [4.78, 5) is 22.8. The van der Waals surface area contributed by atoms with E-state index >= 15 is 0 Å². The smallest absolute Gasteiger partial charge is 0.269 e. The third-order valence-electron chi connectivity index (χ3n) is 3.73. The second kappa shape index (κ2) is 7.32. The predicted octanol–water partition coefficient (Wildman–Crippen LogP) is 3.63. The van der Waals surface area contributed by atoms with E-state index in [1.807, 2.05) is 6.92 Å². The Kier molecular flexibility index (Phi) is 5.42. The monoisotopic (exact) mass is 343 g/mol. The highest BCUT2D eigenvalue weighted by Crippen LogP contribution is 2.41. The molecule has 124 valence electrons. The predicted molar refractivity (Wildman–Crippen MR) is 93.1 cm³/mol. The zero-order valence-corrected chi connectivity index (χ0v) is 14.4. The van der Waals surface area contributed by atoms with Crippen molar-refractivity contribution >= 4 is 23.2 Å². The minimum Gasteiger partial charge on any atom is -0.353 e. The molecule has 0 aromatic heterocycles. The quantitative estimate of drug-likeness (QED) is 0.648. The molecule has 1 unspecified atom stereocenters.